The number of furan rings is 1. The van der Waals surface area contributed by atoms with Crippen molar-refractivity contribution >= 4 is 57.5 Å². The van der Waals surface area contributed by atoms with Gasteiger partial charge in [0.25, 0.3) is 5.91 Å². The maximum Gasteiger partial charge on any atom is 0.308 e. The molecule has 3 aliphatic rings. The van der Waals surface area contributed by atoms with Gasteiger partial charge in [-0.05, 0) is 75.6 Å². The molecule has 11 nitrogen and oxygen atoms in total. The van der Waals surface area contributed by atoms with Crippen LogP contribution >= 0.6 is 23.2 Å². The number of ether oxygens (including phenoxy) is 4. The summed E-state index contributed by atoms with van der Waals surface area (Å²) in [5.41, 5.74) is 1.75. The second-order valence-corrected chi connectivity index (χ2v) is 14.0. The topological polar surface area (TPSA) is 120 Å². The van der Waals surface area contributed by atoms with E-state index in [-0.39, 0.29) is 40.2 Å². The number of carbonyl (C=O) groups excluding carboxylic acids is 3. The molecule has 2 aromatic carbocycles. The van der Waals surface area contributed by atoms with Crippen LogP contribution in [0.15, 0.2) is 47.1 Å². The number of carbonyl (C=O) groups is 3. The summed E-state index contributed by atoms with van der Waals surface area (Å²) < 4.78 is 30.0. The first kappa shape index (κ1) is 36.8. The van der Waals surface area contributed by atoms with Gasteiger partial charge in [-0.1, -0.05) is 41.4 Å². The standard InChI is InChI=1S/C37H45Cl2N3O8/c1-4-48-35(45)24-12-14-26(15-13-24)50-37(41-17-7-8-18-41,42-19-9-16-36(42,46-2)47-3)33(43)21-25-20-30(39)31(22-29(25)38)40-34(44)28-23-49-32-11-6-5-10-27(28)32/h5-6,10-11,20,22-24,26H,4,7-9,12-19,21H2,1-3H3,(H,40,44). The van der Waals surface area contributed by atoms with Gasteiger partial charge >= 0.3 is 5.97 Å². The fourth-order valence-corrected chi connectivity index (χ4v) is 8.20. The summed E-state index contributed by atoms with van der Waals surface area (Å²) in [4.78, 5) is 44.9. The number of hydrogen-bond acceptors (Lipinski definition) is 10. The highest BCUT2D eigenvalue weighted by atomic mass is 35.5. The van der Waals surface area contributed by atoms with Crippen molar-refractivity contribution in [3.8, 4) is 0 Å². The number of nitrogens with zero attached hydrogens (tertiary/aromatic N) is 2. The first-order valence-electron chi connectivity index (χ1n) is 17.4. The van der Waals surface area contributed by atoms with E-state index in [9.17, 15) is 9.59 Å². The Labute approximate surface area is 302 Å². The number of Topliss-reactive ketones (excluding diaryl/α,β-unsaturated/α-hetero) is 1. The minimum atomic E-state index is -1.54. The van der Waals surface area contributed by atoms with Gasteiger partial charge in [-0.15, -0.1) is 0 Å². The Bertz CT molecular complexity index is 1700. The molecule has 6 rings (SSSR count). The normalized spacial score (nSPS) is 22.4. The van der Waals surface area contributed by atoms with Crippen LogP contribution < -0.4 is 5.32 Å². The van der Waals surface area contributed by atoms with Crippen molar-refractivity contribution in [1.29, 1.82) is 0 Å². The van der Waals surface area contributed by atoms with Crippen molar-refractivity contribution in [3.05, 3.63) is 63.8 Å². The summed E-state index contributed by atoms with van der Waals surface area (Å²) >= 11 is 13.6. The number of para-hydroxylation sites is 1. The minimum absolute atomic E-state index is 0.103. The third-order valence-corrected chi connectivity index (χ3v) is 10.9. The quantitative estimate of drug-likeness (QED) is 0.145. The number of ketones is 1. The molecule has 1 aliphatic carbocycles. The van der Waals surface area contributed by atoms with Gasteiger partial charge in [0.15, 0.2) is 5.78 Å². The Morgan fingerprint density at radius 3 is 2.40 bits per heavy atom. The number of rotatable bonds is 13. The largest absolute Gasteiger partial charge is 0.466 e. The van der Waals surface area contributed by atoms with Gasteiger partial charge in [-0.2, -0.15) is 0 Å². The van der Waals surface area contributed by atoms with Gasteiger partial charge in [0.05, 0.1) is 34.9 Å². The first-order chi connectivity index (χ1) is 24.2. The van der Waals surface area contributed by atoms with Gasteiger partial charge < -0.3 is 28.7 Å². The fourth-order valence-electron chi connectivity index (χ4n) is 7.74. The third-order valence-electron chi connectivity index (χ3n) is 10.3. The van der Waals surface area contributed by atoms with Crippen LogP contribution in [0.2, 0.25) is 10.0 Å². The molecule has 50 heavy (non-hydrogen) atoms. The van der Waals surface area contributed by atoms with Crippen LogP contribution in [0.5, 0.6) is 0 Å². The van der Waals surface area contributed by atoms with Gasteiger partial charge in [0, 0.05) is 57.1 Å². The number of nitrogens with one attached hydrogen (secondary N) is 1. The van der Waals surface area contributed by atoms with Crippen LogP contribution in [0.1, 0.15) is 74.2 Å². The summed E-state index contributed by atoms with van der Waals surface area (Å²) in [5.74, 6) is -3.73. The zero-order valence-corrected chi connectivity index (χ0v) is 30.3. The van der Waals surface area contributed by atoms with Crippen molar-refractivity contribution in [2.24, 2.45) is 5.92 Å². The molecule has 2 aliphatic heterocycles. The maximum atomic E-state index is 15.1. The lowest BCUT2D eigenvalue weighted by molar-refractivity contribution is -0.364. The number of likely N-dealkylation sites (tertiary alicyclic amines) is 2. The summed E-state index contributed by atoms with van der Waals surface area (Å²) in [6.45, 7) is 3.94. The molecule has 0 radical (unpaired) electrons. The number of amides is 1. The van der Waals surface area contributed by atoms with E-state index in [0.717, 1.165) is 19.3 Å². The molecule has 3 aromatic rings. The summed E-state index contributed by atoms with van der Waals surface area (Å²) in [6.07, 6.45) is 6.51. The van der Waals surface area contributed by atoms with Gasteiger partial charge in [-0.25, -0.2) is 4.90 Å². The number of hydrogen-bond donors (Lipinski definition) is 1. The van der Waals surface area contributed by atoms with Gasteiger partial charge in [-0.3, -0.25) is 19.3 Å². The lowest BCUT2D eigenvalue weighted by Gasteiger charge is -2.52. The lowest BCUT2D eigenvalue weighted by Crippen LogP contribution is -2.72. The number of anilines is 1. The van der Waals surface area contributed by atoms with E-state index in [4.69, 9.17) is 46.6 Å². The van der Waals surface area contributed by atoms with Crippen molar-refractivity contribution in [2.45, 2.75) is 82.6 Å². The molecule has 1 aromatic heterocycles. The van der Waals surface area contributed by atoms with E-state index in [1.807, 2.05) is 24.0 Å². The SMILES string of the molecule is CCOC(=O)C1CCC(OC(C(=O)Cc2cc(Cl)c(NC(=O)c3coc4ccccc34)cc2Cl)(N2CCCC2)N2CCCC2(OC)OC)CC1. The maximum absolute atomic E-state index is 15.1. The van der Waals surface area contributed by atoms with Crippen molar-refractivity contribution < 1.29 is 37.7 Å². The summed E-state index contributed by atoms with van der Waals surface area (Å²) in [5, 5.41) is 4.01. The lowest BCUT2D eigenvalue weighted by atomic mass is 9.87. The molecule has 1 unspecified atom stereocenters. The molecule has 3 fully saturated rings. The molecule has 1 saturated carbocycles. The minimum Gasteiger partial charge on any atom is -0.466 e. The highest BCUT2D eigenvalue weighted by molar-refractivity contribution is 6.36. The molecule has 1 N–H and O–H groups in total. The molecular formula is C37H45Cl2N3O8. The Hall–Kier alpha value is -3.03. The monoisotopic (exact) mass is 729 g/mol. The Morgan fingerprint density at radius 1 is 0.980 bits per heavy atom. The zero-order chi connectivity index (χ0) is 35.5. The van der Waals surface area contributed by atoms with E-state index < -0.39 is 17.7 Å². The third kappa shape index (κ3) is 7.06. The average Bonchev–Trinajstić information content (AvgIpc) is 3.91. The Kier molecular flexibility index (Phi) is 11.5. The van der Waals surface area contributed by atoms with E-state index >= 15 is 4.79 Å². The molecule has 1 amide bonds. The number of halogens is 2. The molecule has 2 saturated heterocycles. The first-order valence-corrected chi connectivity index (χ1v) is 18.2. The number of methoxy groups -OCH3 is 2. The predicted molar refractivity (Wildman–Crippen MR) is 189 cm³/mol. The van der Waals surface area contributed by atoms with Crippen molar-refractivity contribution in [1.82, 2.24) is 9.80 Å². The molecule has 270 valence electrons. The number of benzene rings is 2. The van der Waals surface area contributed by atoms with E-state index in [2.05, 4.69) is 10.2 Å². The van der Waals surface area contributed by atoms with Crippen LogP contribution in [-0.4, -0.2) is 85.8 Å². The summed E-state index contributed by atoms with van der Waals surface area (Å²) in [7, 11) is 3.17. The van der Waals surface area contributed by atoms with Gasteiger partial charge in [0.1, 0.15) is 11.8 Å². The highest BCUT2D eigenvalue weighted by Gasteiger charge is 2.61. The van der Waals surface area contributed by atoms with E-state index in [1.54, 1.807) is 38.5 Å². The van der Waals surface area contributed by atoms with E-state index in [1.165, 1.54) is 6.26 Å². The number of esters is 1. The molecule has 1 atom stereocenters. The molecule has 13 heteroatoms. The van der Waals surface area contributed by atoms with Gasteiger partial charge in [0.2, 0.25) is 11.8 Å². The second-order valence-electron chi connectivity index (χ2n) is 13.1. The molecule has 0 spiro atoms. The number of fused-ring (bicyclic) bond motifs is 1. The van der Waals surface area contributed by atoms with Crippen LogP contribution in [0.3, 0.4) is 0 Å². The molecule has 0 bridgehead atoms. The van der Waals surface area contributed by atoms with Crippen LogP contribution in [0.4, 0.5) is 5.69 Å². The highest BCUT2D eigenvalue weighted by Crippen LogP contribution is 2.44. The Balaban J connectivity index is 1.30. The smallest absolute Gasteiger partial charge is 0.308 e. The van der Waals surface area contributed by atoms with Crippen molar-refractivity contribution in [3.63, 3.8) is 0 Å². The fraction of sp³-hybridized carbons (Fsp3) is 0.541. The predicted octanol–water partition coefficient (Wildman–Crippen LogP) is 7.03. The summed E-state index contributed by atoms with van der Waals surface area (Å²) in [6, 6.07) is 10.4. The second kappa shape index (κ2) is 15.7. The van der Waals surface area contributed by atoms with E-state index in [0.29, 0.717) is 86.1 Å². The average molecular weight is 731 g/mol. The zero-order valence-electron chi connectivity index (χ0n) is 28.8. The van der Waals surface area contributed by atoms with Crippen LogP contribution in [-0.2, 0) is 35.0 Å². The molecular weight excluding hydrogens is 685 g/mol. The van der Waals surface area contributed by atoms with Crippen molar-refractivity contribution in [2.75, 3.05) is 45.8 Å². The Morgan fingerprint density at radius 2 is 1.70 bits per heavy atom. The van der Waals surface area contributed by atoms with Crippen LogP contribution in [0.25, 0.3) is 11.0 Å². The van der Waals surface area contributed by atoms with Crippen LogP contribution in [0, 0.1) is 5.92 Å². The molecule has 3 heterocycles.